The summed E-state index contributed by atoms with van der Waals surface area (Å²) in [6.45, 7) is 5.53. The van der Waals surface area contributed by atoms with Crippen LogP contribution < -0.4 is 9.47 Å². The molecule has 4 heteroatoms. The zero-order valence-corrected chi connectivity index (χ0v) is 12.2. The van der Waals surface area contributed by atoms with Crippen LogP contribution >= 0.6 is 11.6 Å². The lowest BCUT2D eigenvalue weighted by Crippen LogP contribution is -2.02. The van der Waals surface area contributed by atoms with E-state index in [0.29, 0.717) is 35.7 Å². The Hall–Kier alpha value is -0.930. The predicted molar refractivity (Wildman–Crippen MR) is 76.1 cm³/mol. The van der Waals surface area contributed by atoms with Crippen LogP contribution in [0.1, 0.15) is 44.8 Å². The lowest BCUT2D eigenvalue weighted by molar-refractivity contribution is 0.158. The number of hydrogen-bond acceptors (Lipinski definition) is 3. The van der Waals surface area contributed by atoms with Gasteiger partial charge in [-0.3, -0.25) is 0 Å². The van der Waals surface area contributed by atoms with E-state index in [1.807, 2.05) is 6.07 Å². The Morgan fingerprint density at radius 3 is 2.68 bits per heavy atom. The quantitative estimate of drug-likeness (QED) is 0.909. The van der Waals surface area contributed by atoms with Crippen molar-refractivity contribution in [2.75, 3.05) is 13.2 Å². The molecule has 3 nitrogen and oxygen atoms in total. The number of benzene rings is 1. The minimum Gasteiger partial charge on any atom is -0.489 e. The molecule has 1 aliphatic heterocycles. The third-order valence-electron chi connectivity index (χ3n) is 3.23. The number of halogens is 1. The highest BCUT2D eigenvalue weighted by Gasteiger charge is 2.18. The van der Waals surface area contributed by atoms with Crippen LogP contribution in [0.2, 0.25) is 5.02 Å². The fourth-order valence-electron chi connectivity index (χ4n) is 2.10. The Labute approximate surface area is 119 Å². The van der Waals surface area contributed by atoms with Crippen LogP contribution in [0.4, 0.5) is 0 Å². The minimum absolute atomic E-state index is 0.503. The third kappa shape index (κ3) is 3.77. The first-order chi connectivity index (χ1) is 9.08. The molecule has 1 unspecified atom stereocenters. The summed E-state index contributed by atoms with van der Waals surface area (Å²) in [6.07, 6.45) is 2.05. The summed E-state index contributed by atoms with van der Waals surface area (Å²) < 4.78 is 11.2. The molecule has 0 aromatic heterocycles. The SMILES string of the molecule is CC(C)CCC(O)c1cc(Cl)c2c(c1)OCCCO2. The molecule has 1 N–H and O–H groups in total. The van der Waals surface area contributed by atoms with Gasteiger partial charge in [-0.1, -0.05) is 25.4 Å². The van der Waals surface area contributed by atoms with Crippen molar-refractivity contribution in [3.8, 4) is 11.5 Å². The van der Waals surface area contributed by atoms with E-state index in [0.717, 1.165) is 24.8 Å². The van der Waals surface area contributed by atoms with Crippen LogP contribution in [0, 0.1) is 5.92 Å². The molecule has 2 rings (SSSR count). The van der Waals surface area contributed by atoms with Gasteiger partial charge >= 0.3 is 0 Å². The number of fused-ring (bicyclic) bond motifs is 1. The number of ether oxygens (including phenoxy) is 2. The predicted octanol–water partition coefficient (Wildman–Crippen LogP) is 3.97. The Bertz CT molecular complexity index is 432. The summed E-state index contributed by atoms with van der Waals surface area (Å²) in [6, 6.07) is 3.62. The van der Waals surface area contributed by atoms with Gasteiger partial charge in [0, 0.05) is 6.42 Å². The van der Waals surface area contributed by atoms with Crippen molar-refractivity contribution >= 4 is 11.6 Å². The summed E-state index contributed by atoms with van der Waals surface area (Å²) in [4.78, 5) is 0. The minimum atomic E-state index is -0.503. The molecule has 0 saturated carbocycles. The first-order valence-electron chi connectivity index (χ1n) is 6.85. The monoisotopic (exact) mass is 284 g/mol. The van der Waals surface area contributed by atoms with Gasteiger partial charge in [0.05, 0.1) is 24.3 Å². The number of rotatable bonds is 4. The second-order valence-corrected chi connectivity index (χ2v) is 5.77. The Morgan fingerprint density at radius 2 is 1.95 bits per heavy atom. The Balaban J connectivity index is 2.18. The molecule has 1 aromatic rings. The van der Waals surface area contributed by atoms with Crippen molar-refractivity contribution in [3.05, 3.63) is 22.7 Å². The molecular formula is C15H21ClO3. The van der Waals surface area contributed by atoms with Gasteiger partial charge in [0.25, 0.3) is 0 Å². The van der Waals surface area contributed by atoms with Gasteiger partial charge in [-0.15, -0.1) is 0 Å². The molecule has 1 aliphatic rings. The summed E-state index contributed by atoms with van der Waals surface area (Å²) in [5.41, 5.74) is 0.801. The number of aliphatic hydroxyl groups is 1. The molecule has 0 aliphatic carbocycles. The van der Waals surface area contributed by atoms with Crippen LogP contribution in [0.15, 0.2) is 12.1 Å². The maximum absolute atomic E-state index is 10.2. The van der Waals surface area contributed by atoms with Crippen molar-refractivity contribution in [2.45, 2.75) is 39.2 Å². The molecule has 0 fully saturated rings. The molecule has 0 amide bonds. The van der Waals surface area contributed by atoms with Gasteiger partial charge in [0.1, 0.15) is 0 Å². The molecule has 1 heterocycles. The molecule has 1 atom stereocenters. The highest BCUT2D eigenvalue weighted by molar-refractivity contribution is 6.32. The van der Waals surface area contributed by atoms with E-state index >= 15 is 0 Å². The van der Waals surface area contributed by atoms with E-state index in [1.54, 1.807) is 6.07 Å². The second kappa shape index (κ2) is 6.49. The first kappa shape index (κ1) is 14.5. The lowest BCUT2D eigenvalue weighted by Gasteiger charge is -2.16. The summed E-state index contributed by atoms with van der Waals surface area (Å²) in [5.74, 6) is 1.81. The van der Waals surface area contributed by atoms with Crippen LogP contribution in [0.5, 0.6) is 11.5 Å². The standard InChI is InChI=1S/C15H21ClO3/c1-10(2)4-5-13(17)11-8-12(16)15-14(9-11)18-6-3-7-19-15/h8-10,13,17H,3-7H2,1-2H3. The highest BCUT2D eigenvalue weighted by atomic mass is 35.5. The smallest absolute Gasteiger partial charge is 0.179 e. The van der Waals surface area contributed by atoms with Gasteiger partial charge in [0.2, 0.25) is 0 Å². The van der Waals surface area contributed by atoms with Gasteiger partial charge < -0.3 is 14.6 Å². The van der Waals surface area contributed by atoms with Gasteiger partial charge in [0.15, 0.2) is 11.5 Å². The Morgan fingerprint density at radius 1 is 1.21 bits per heavy atom. The van der Waals surface area contributed by atoms with Crippen molar-refractivity contribution in [1.29, 1.82) is 0 Å². The maximum atomic E-state index is 10.2. The van der Waals surface area contributed by atoms with E-state index in [9.17, 15) is 5.11 Å². The van der Waals surface area contributed by atoms with Crippen LogP contribution in [-0.2, 0) is 0 Å². The van der Waals surface area contributed by atoms with E-state index in [2.05, 4.69) is 13.8 Å². The molecule has 106 valence electrons. The van der Waals surface area contributed by atoms with Crippen molar-refractivity contribution in [3.63, 3.8) is 0 Å². The summed E-state index contributed by atoms with van der Waals surface area (Å²) in [5, 5.41) is 10.7. The fraction of sp³-hybridized carbons (Fsp3) is 0.600. The number of hydrogen-bond donors (Lipinski definition) is 1. The average molecular weight is 285 g/mol. The van der Waals surface area contributed by atoms with E-state index < -0.39 is 6.10 Å². The molecule has 19 heavy (non-hydrogen) atoms. The second-order valence-electron chi connectivity index (χ2n) is 5.37. The van der Waals surface area contributed by atoms with Gasteiger partial charge in [-0.2, -0.15) is 0 Å². The van der Waals surface area contributed by atoms with E-state index in [-0.39, 0.29) is 0 Å². The van der Waals surface area contributed by atoms with Crippen molar-refractivity contribution in [1.82, 2.24) is 0 Å². The molecule has 0 saturated heterocycles. The van der Waals surface area contributed by atoms with E-state index in [4.69, 9.17) is 21.1 Å². The van der Waals surface area contributed by atoms with Crippen LogP contribution in [0.3, 0.4) is 0 Å². The lowest BCUT2D eigenvalue weighted by atomic mass is 9.99. The normalized spacial score (nSPS) is 16.3. The maximum Gasteiger partial charge on any atom is 0.179 e. The van der Waals surface area contributed by atoms with Crippen molar-refractivity contribution < 1.29 is 14.6 Å². The number of aliphatic hydroxyl groups excluding tert-OH is 1. The van der Waals surface area contributed by atoms with E-state index in [1.165, 1.54) is 0 Å². The summed E-state index contributed by atoms with van der Waals surface area (Å²) >= 11 is 6.21. The molecule has 0 spiro atoms. The Kier molecular flexibility index (Phi) is 4.94. The molecule has 1 aromatic carbocycles. The topological polar surface area (TPSA) is 38.7 Å². The summed E-state index contributed by atoms with van der Waals surface area (Å²) in [7, 11) is 0. The van der Waals surface area contributed by atoms with Gasteiger partial charge in [-0.05, 0) is 36.5 Å². The largest absolute Gasteiger partial charge is 0.489 e. The zero-order chi connectivity index (χ0) is 13.8. The molecule has 0 bridgehead atoms. The van der Waals surface area contributed by atoms with Crippen LogP contribution in [0.25, 0.3) is 0 Å². The average Bonchev–Trinajstić information content (AvgIpc) is 2.61. The zero-order valence-electron chi connectivity index (χ0n) is 11.5. The first-order valence-corrected chi connectivity index (χ1v) is 7.23. The highest BCUT2D eigenvalue weighted by Crippen LogP contribution is 2.40. The third-order valence-corrected chi connectivity index (χ3v) is 3.51. The molecule has 0 radical (unpaired) electrons. The van der Waals surface area contributed by atoms with Crippen LogP contribution in [-0.4, -0.2) is 18.3 Å². The molecular weight excluding hydrogens is 264 g/mol. The van der Waals surface area contributed by atoms with Gasteiger partial charge in [-0.25, -0.2) is 0 Å². The fourth-order valence-corrected chi connectivity index (χ4v) is 2.37. The van der Waals surface area contributed by atoms with Crippen molar-refractivity contribution in [2.24, 2.45) is 5.92 Å².